The molecule has 2 rings (SSSR count). The monoisotopic (exact) mass is 326 g/mol. The molecule has 0 aliphatic rings. The number of rotatable bonds is 2. The van der Waals surface area contributed by atoms with Gasteiger partial charge in [-0.25, -0.2) is 0 Å². The van der Waals surface area contributed by atoms with Crippen molar-refractivity contribution in [2.75, 3.05) is 0 Å². The van der Waals surface area contributed by atoms with E-state index in [1.54, 1.807) is 5.54 Å². The van der Waals surface area contributed by atoms with E-state index in [-0.39, 0.29) is 0 Å². The average Bonchev–Trinajstić information content (AvgIpc) is 2.35. The van der Waals surface area contributed by atoms with Gasteiger partial charge in [-0.05, 0) is 35.4 Å². The molecule has 2 aromatic rings. The number of halogens is 3. The van der Waals surface area contributed by atoms with Gasteiger partial charge in [0, 0.05) is 20.6 Å². The van der Waals surface area contributed by atoms with E-state index in [1.807, 2.05) is 48.5 Å². The van der Waals surface area contributed by atoms with E-state index in [2.05, 4.69) is 15.9 Å². The van der Waals surface area contributed by atoms with Crippen LogP contribution in [-0.4, -0.2) is 0 Å². The van der Waals surface area contributed by atoms with Crippen molar-refractivity contribution in [2.45, 2.75) is 0 Å². The minimum atomic E-state index is 0.721. The van der Waals surface area contributed by atoms with E-state index in [0.29, 0.717) is 0 Å². The van der Waals surface area contributed by atoms with Gasteiger partial charge in [-0.3, -0.25) is 0 Å². The fourth-order valence-corrected chi connectivity index (χ4v) is 2.19. The molecular formula is C14H9BrCl2. The predicted octanol–water partition coefficient (Wildman–Crippen LogP) is 5.73. The third-order valence-electron chi connectivity index (χ3n) is 2.42. The highest BCUT2D eigenvalue weighted by Crippen LogP contribution is 2.26. The van der Waals surface area contributed by atoms with Gasteiger partial charge < -0.3 is 0 Å². The van der Waals surface area contributed by atoms with Crippen LogP contribution in [-0.2, 0) is 0 Å². The lowest BCUT2D eigenvalue weighted by molar-refractivity contribution is 1.54. The van der Waals surface area contributed by atoms with Gasteiger partial charge in [0.2, 0.25) is 0 Å². The first-order valence-electron chi connectivity index (χ1n) is 5.03. The van der Waals surface area contributed by atoms with Gasteiger partial charge >= 0.3 is 0 Å². The predicted molar refractivity (Wildman–Crippen MR) is 78.5 cm³/mol. The van der Waals surface area contributed by atoms with Crippen LogP contribution >= 0.6 is 39.1 Å². The topological polar surface area (TPSA) is 0 Å². The zero-order valence-electron chi connectivity index (χ0n) is 8.83. The first-order chi connectivity index (χ1) is 8.20. The smallest absolute Gasteiger partial charge is 0.0406 e. The fourth-order valence-electron chi connectivity index (χ4n) is 1.55. The largest absolute Gasteiger partial charge is 0.0923 e. The Labute approximate surface area is 119 Å². The van der Waals surface area contributed by atoms with Crippen LogP contribution in [0.3, 0.4) is 0 Å². The van der Waals surface area contributed by atoms with Gasteiger partial charge in [0.1, 0.15) is 0 Å². The molecule has 2 aromatic carbocycles. The molecule has 0 N–H and O–H groups in total. The second-order valence-electron chi connectivity index (χ2n) is 3.54. The first-order valence-corrected chi connectivity index (χ1v) is 6.63. The van der Waals surface area contributed by atoms with Crippen molar-refractivity contribution in [3.8, 4) is 0 Å². The van der Waals surface area contributed by atoms with Crippen LogP contribution in [0.25, 0.3) is 5.57 Å². The van der Waals surface area contributed by atoms with E-state index in [0.717, 1.165) is 26.2 Å². The van der Waals surface area contributed by atoms with E-state index < -0.39 is 0 Å². The van der Waals surface area contributed by atoms with E-state index in [4.69, 9.17) is 23.2 Å². The minimum Gasteiger partial charge on any atom is -0.0923 e. The minimum absolute atomic E-state index is 0.721. The molecule has 0 aromatic heterocycles. The van der Waals surface area contributed by atoms with Crippen LogP contribution in [0.5, 0.6) is 0 Å². The van der Waals surface area contributed by atoms with Crippen LogP contribution in [0, 0.1) is 0 Å². The second kappa shape index (κ2) is 5.72. The summed E-state index contributed by atoms with van der Waals surface area (Å²) in [5.74, 6) is 0. The summed E-state index contributed by atoms with van der Waals surface area (Å²) in [5.41, 5.74) is 4.69. The van der Waals surface area contributed by atoms with Crippen molar-refractivity contribution in [1.29, 1.82) is 0 Å². The normalized spacial score (nSPS) is 11.6. The lowest BCUT2D eigenvalue weighted by atomic mass is 10.00. The average molecular weight is 328 g/mol. The molecule has 0 saturated heterocycles. The summed E-state index contributed by atoms with van der Waals surface area (Å²) in [6.45, 7) is 0. The van der Waals surface area contributed by atoms with Crippen LogP contribution in [0.1, 0.15) is 11.1 Å². The molecule has 86 valence electrons. The molecule has 3 heteroatoms. The van der Waals surface area contributed by atoms with Crippen molar-refractivity contribution in [3.63, 3.8) is 0 Å². The summed E-state index contributed by atoms with van der Waals surface area (Å²) in [7, 11) is 0. The summed E-state index contributed by atoms with van der Waals surface area (Å²) in [6.07, 6.45) is 0. The molecule has 0 unspecified atom stereocenters. The molecule has 0 aliphatic carbocycles. The van der Waals surface area contributed by atoms with E-state index in [9.17, 15) is 0 Å². The summed E-state index contributed by atoms with van der Waals surface area (Å²) >= 11 is 15.2. The Morgan fingerprint density at radius 1 is 0.882 bits per heavy atom. The third-order valence-corrected chi connectivity index (χ3v) is 3.42. The molecule has 0 spiro atoms. The SMILES string of the molecule is ClC=C(c1ccc(Cl)cc1)c1ccc(Br)cc1. The zero-order chi connectivity index (χ0) is 12.3. The van der Waals surface area contributed by atoms with Crippen molar-refractivity contribution in [3.05, 3.63) is 74.7 Å². The van der Waals surface area contributed by atoms with Crippen LogP contribution in [0.15, 0.2) is 58.5 Å². The Bertz CT molecular complexity index is 480. The molecule has 0 fully saturated rings. The molecule has 0 saturated carbocycles. The van der Waals surface area contributed by atoms with Crippen molar-refractivity contribution in [1.82, 2.24) is 0 Å². The zero-order valence-corrected chi connectivity index (χ0v) is 11.9. The Balaban J connectivity index is 2.41. The maximum absolute atomic E-state index is 5.91. The number of benzene rings is 2. The lowest BCUT2D eigenvalue weighted by Crippen LogP contribution is -1.86. The van der Waals surface area contributed by atoms with Crippen LogP contribution in [0.2, 0.25) is 5.02 Å². The Morgan fingerprint density at radius 2 is 1.35 bits per heavy atom. The molecule has 0 bridgehead atoms. The summed E-state index contributed by atoms with van der Waals surface area (Å²) in [4.78, 5) is 0. The standard InChI is InChI=1S/C14H9BrCl2/c15-12-5-1-10(2-6-12)14(9-16)11-3-7-13(17)8-4-11/h1-9H. The fraction of sp³-hybridized carbons (Fsp3) is 0. The molecule has 0 heterocycles. The van der Waals surface area contributed by atoms with Crippen molar-refractivity contribution < 1.29 is 0 Å². The summed E-state index contributed by atoms with van der Waals surface area (Å²) in [6, 6.07) is 15.7. The second-order valence-corrected chi connectivity index (χ2v) is 5.11. The first kappa shape index (κ1) is 12.7. The number of hydrogen-bond acceptors (Lipinski definition) is 0. The molecule has 17 heavy (non-hydrogen) atoms. The molecule has 0 amide bonds. The van der Waals surface area contributed by atoms with Gasteiger partial charge in [0.25, 0.3) is 0 Å². The highest BCUT2D eigenvalue weighted by Gasteiger charge is 2.04. The molecule has 0 nitrogen and oxygen atoms in total. The van der Waals surface area contributed by atoms with Crippen LogP contribution < -0.4 is 0 Å². The summed E-state index contributed by atoms with van der Waals surface area (Å²) < 4.78 is 1.05. The quantitative estimate of drug-likeness (QED) is 0.660. The van der Waals surface area contributed by atoms with Crippen molar-refractivity contribution in [2.24, 2.45) is 0 Å². The van der Waals surface area contributed by atoms with Crippen LogP contribution in [0.4, 0.5) is 0 Å². The maximum atomic E-state index is 5.91. The maximum Gasteiger partial charge on any atom is 0.0406 e. The highest BCUT2D eigenvalue weighted by molar-refractivity contribution is 9.10. The summed E-state index contributed by atoms with van der Waals surface area (Å²) in [5, 5.41) is 0.721. The third kappa shape index (κ3) is 3.12. The Kier molecular flexibility index (Phi) is 4.27. The lowest BCUT2D eigenvalue weighted by Gasteiger charge is -2.07. The Morgan fingerprint density at radius 3 is 1.82 bits per heavy atom. The van der Waals surface area contributed by atoms with Gasteiger partial charge in [-0.2, -0.15) is 0 Å². The molecule has 0 aliphatic heterocycles. The van der Waals surface area contributed by atoms with Gasteiger partial charge in [0.05, 0.1) is 0 Å². The van der Waals surface area contributed by atoms with Crippen molar-refractivity contribution >= 4 is 44.7 Å². The molecule has 0 atom stereocenters. The molecular weight excluding hydrogens is 319 g/mol. The van der Waals surface area contributed by atoms with Gasteiger partial charge in [-0.1, -0.05) is 63.4 Å². The van der Waals surface area contributed by atoms with Gasteiger partial charge in [-0.15, -0.1) is 0 Å². The highest BCUT2D eigenvalue weighted by atomic mass is 79.9. The van der Waals surface area contributed by atoms with E-state index >= 15 is 0 Å². The molecule has 0 radical (unpaired) electrons. The van der Waals surface area contributed by atoms with Gasteiger partial charge in [0.15, 0.2) is 0 Å². The Hall–Kier alpha value is -0.760. The number of hydrogen-bond donors (Lipinski definition) is 0. The van der Waals surface area contributed by atoms with E-state index in [1.165, 1.54) is 0 Å².